The maximum Gasteiger partial charge on any atom is 0.235 e. The number of carbonyl (C=O) groups excluding carboxylic acids is 1. The molecule has 35 heavy (non-hydrogen) atoms. The number of fused-ring (bicyclic) bond motifs is 3. The van der Waals surface area contributed by atoms with E-state index in [1.165, 1.54) is 18.2 Å². The first kappa shape index (κ1) is 22.4. The predicted octanol–water partition coefficient (Wildman–Crippen LogP) is 3.77. The van der Waals surface area contributed by atoms with Crippen LogP contribution in [0.15, 0.2) is 36.7 Å². The van der Waals surface area contributed by atoms with E-state index >= 15 is 0 Å². The summed E-state index contributed by atoms with van der Waals surface area (Å²) in [6.45, 7) is 4.18. The molecule has 3 heterocycles. The number of nitrogens with zero attached hydrogens (tertiary/aromatic N) is 3. The average molecular weight is 483 g/mol. The molecule has 2 N–H and O–H groups in total. The molecular weight excluding hydrogens is 454 g/mol. The van der Waals surface area contributed by atoms with Gasteiger partial charge in [-0.05, 0) is 69.5 Å². The SMILES string of the molecule is CC1(O)CC(n2cnc3cc(OCCN4CCC5(CC4)C(=O)Nc4ccc(F)cc45)cc(F)c32)C1. The number of carbonyl (C=O) groups is 1. The van der Waals surface area contributed by atoms with Crippen molar-refractivity contribution in [1.82, 2.24) is 14.5 Å². The van der Waals surface area contributed by atoms with E-state index in [2.05, 4.69) is 15.2 Å². The minimum atomic E-state index is -0.698. The highest BCUT2D eigenvalue weighted by Gasteiger charge is 2.48. The zero-order valence-electron chi connectivity index (χ0n) is 19.6. The van der Waals surface area contributed by atoms with Gasteiger partial charge in [0.2, 0.25) is 5.91 Å². The van der Waals surface area contributed by atoms with E-state index in [0.29, 0.717) is 74.4 Å². The Morgan fingerprint density at radius 3 is 2.71 bits per heavy atom. The van der Waals surface area contributed by atoms with Crippen molar-refractivity contribution >= 4 is 22.6 Å². The van der Waals surface area contributed by atoms with Gasteiger partial charge in [-0.2, -0.15) is 0 Å². The second-order valence-corrected chi connectivity index (χ2v) is 10.4. The molecule has 1 spiro atoms. The molecule has 3 aromatic rings. The molecule has 0 bridgehead atoms. The fourth-order valence-electron chi connectivity index (χ4n) is 5.94. The fraction of sp³-hybridized carbons (Fsp3) is 0.462. The Hall–Kier alpha value is -3.04. The predicted molar refractivity (Wildman–Crippen MR) is 126 cm³/mol. The third-order valence-electron chi connectivity index (χ3n) is 7.91. The zero-order chi connectivity index (χ0) is 24.4. The summed E-state index contributed by atoms with van der Waals surface area (Å²) in [4.78, 5) is 19.3. The number of aliphatic hydroxyl groups is 1. The number of hydrogen-bond acceptors (Lipinski definition) is 5. The molecule has 0 radical (unpaired) electrons. The number of aromatic nitrogens is 2. The summed E-state index contributed by atoms with van der Waals surface area (Å²) in [5.74, 6) is -0.347. The van der Waals surface area contributed by atoms with Crippen molar-refractivity contribution in [2.24, 2.45) is 0 Å². The Morgan fingerprint density at radius 2 is 1.97 bits per heavy atom. The number of piperidine rings is 1. The van der Waals surface area contributed by atoms with Gasteiger partial charge in [-0.15, -0.1) is 0 Å². The van der Waals surface area contributed by atoms with E-state index < -0.39 is 11.0 Å². The maximum absolute atomic E-state index is 14.9. The van der Waals surface area contributed by atoms with Crippen molar-refractivity contribution in [2.75, 3.05) is 31.6 Å². The normalized spacial score (nSPS) is 25.5. The maximum atomic E-state index is 14.9. The molecule has 1 amide bonds. The first-order chi connectivity index (χ1) is 16.7. The second-order valence-electron chi connectivity index (χ2n) is 10.4. The molecule has 184 valence electrons. The van der Waals surface area contributed by atoms with Crippen LogP contribution in [0.25, 0.3) is 11.0 Å². The van der Waals surface area contributed by atoms with E-state index in [1.54, 1.807) is 30.0 Å². The van der Waals surface area contributed by atoms with Crippen LogP contribution in [-0.2, 0) is 10.2 Å². The third kappa shape index (κ3) is 3.77. The molecule has 2 aliphatic heterocycles. The number of imidazole rings is 1. The third-order valence-corrected chi connectivity index (χ3v) is 7.91. The molecule has 7 nitrogen and oxygen atoms in total. The lowest BCUT2D eigenvalue weighted by Crippen LogP contribution is -2.47. The van der Waals surface area contributed by atoms with Gasteiger partial charge in [-0.1, -0.05) is 0 Å². The summed E-state index contributed by atoms with van der Waals surface area (Å²) in [6, 6.07) is 7.65. The first-order valence-electron chi connectivity index (χ1n) is 12.1. The topological polar surface area (TPSA) is 79.6 Å². The smallest absolute Gasteiger partial charge is 0.235 e. The van der Waals surface area contributed by atoms with Crippen LogP contribution in [0.3, 0.4) is 0 Å². The lowest BCUT2D eigenvalue weighted by molar-refractivity contribution is -0.122. The lowest BCUT2D eigenvalue weighted by atomic mass is 9.73. The number of nitrogens with one attached hydrogen (secondary N) is 1. The largest absolute Gasteiger partial charge is 0.492 e. The molecular formula is C26H28F2N4O3. The quantitative estimate of drug-likeness (QED) is 0.579. The molecule has 0 atom stereocenters. The molecule has 1 aromatic heterocycles. The Labute approximate surface area is 201 Å². The highest BCUT2D eigenvalue weighted by Crippen LogP contribution is 2.45. The van der Waals surface area contributed by atoms with Crippen LogP contribution < -0.4 is 10.1 Å². The number of benzene rings is 2. The van der Waals surface area contributed by atoms with Gasteiger partial charge < -0.3 is 19.7 Å². The lowest BCUT2D eigenvalue weighted by Gasteiger charge is -2.41. The number of ether oxygens (including phenoxy) is 1. The van der Waals surface area contributed by atoms with Gasteiger partial charge in [-0.25, -0.2) is 13.8 Å². The van der Waals surface area contributed by atoms with Crippen molar-refractivity contribution < 1.29 is 23.4 Å². The van der Waals surface area contributed by atoms with Crippen molar-refractivity contribution in [1.29, 1.82) is 0 Å². The van der Waals surface area contributed by atoms with E-state index in [1.807, 2.05) is 0 Å². The molecule has 0 unspecified atom stereocenters. The highest BCUT2D eigenvalue weighted by atomic mass is 19.1. The highest BCUT2D eigenvalue weighted by molar-refractivity contribution is 6.06. The van der Waals surface area contributed by atoms with E-state index in [-0.39, 0.29) is 23.6 Å². The summed E-state index contributed by atoms with van der Waals surface area (Å²) in [5.41, 5.74) is 1.06. The molecule has 2 aromatic carbocycles. The number of rotatable bonds is 5. The second kappa shape index (κ2) is 7.99. The van der Waals surface area contributed by atoms with E-state index in [9.17, 15) is 18.7 Å². The van der Waals surface area contributed by atoms with Gasteiger partial charge in [0, 0.05) is 30.4 Å². The van der Waals surface area contributed by atoms with Crippen LogP contribution in [-0.4, -0.2) is 57.3 Å². The van der Waals surface area contributed by atoms with Gasteiger partial charge in [0.05, 0.1) is 22.9 Å². The summed E-state index contributed by atoms with van der Waals surface area (Å²) in [6.07, 6.45) is 4.01. The Morgan fingerprint density at radius 1 is 1.20 bits per heavy atom. The molecule has 6 rings (SSSR count). The van der Waals surface area contributed by atoms with Gasteiger partial charge in [-0.3, -0.25) is 9.69 Å². The Balaban J connectivity index is 1.07. The minimum Gasteiger partial charge on any atom is -0.492 e. The molecule has 2 fully saturated rings. The van der Waals surface area contributed by atoms with Crippen LogP contribution in [0, 0.1) is 11.6 Å². The van der Waals surface area contributed by atoms with Crippen LogP contribution in [0.5, 0.6) is 5.75 Å². The van der Waals surface area contributed by atoms with Crippen molar-refractivity contribution in [3.05, 3.63) is 53.9 Å². The molecule has 1 aliphatic carbocycles. The summed E-state index contributed by atoms with van der Waals surface area (Å²) < 4.78 is 36.4. The summed E-state index contributed by atoms with van der Waals surface area (Å²) in [5, 5.41) is 12.9. The van der Waals surface area contributed by atoms with E-state index in [0.717, 1.165) is 5.56 Å². The number of hydrogen-bond donors (Lipinski definition) is 2. The summed E-state index contributed by atoms with van der Waals surface area (Å²) >= 11 is 0. The number of amides is 1. The summed E-state index contributed by atoms with van der Waals surface area (Å²) in [7, 11) is 0. The minimum absolute atomic E-state index is 0.0454. The average Bonchev–Trinajstić information content (AvgIpc) is 3.33. The van der Waals surface area contributed by atoms with Crippen molar-refractivity contribution in [2.45, 2.75) is 49.7 Å². The van der Waals surface area contributed by atoms with Crippen molar-refractivity contribution in [3.63, 3.8) is 0 Å². The van der Waals surface area contributed by atoms with Gasteiger partial charge in [0.25, 0.3) is 0 Å². The molecule has 1 saturated heterocycles. The Bertz CT molecular complexity index is 1310. The first-order valence-corrected chi connectivity index (χ1v) is 12.1. The standard InChI is InChI=1S/C26H28F2N4O3/c1-25(34)13-17(14-25)32-15-29-22-12-18(11-20(28)23(22)32)35-9-8-31-6-4-26(5-7-31)19-10-16(27)2-3-21(19)30-24(26)33/h2-3,10-12,15,17,34H,4-9,13-14H2,1H3,(H,30,33). The zero-order valence-corrected chi connectivity index (χ0v) is 19.6. The monoisotopic (exact) mass is 482 g/mol. The molecule has 9 heteroatoms. The van der Waals surface area contributed by atoms with Gasteiger partial charge in [0.15, 0.2) is 5.82 Å². The van der Waals surface area contributed by atoms with Crippen LogP contribution in [0.1, 0.15) is 44.2 Å². The van der Waals surface area contributed by atoms with Crippen LogP contribution in [0.4, 0.5) is 14.5 Å². The van der Waals surface area contributed by atoms with Crippen LogP contribution >= 0.6 is 0 Å². The molecule has 3 aliphatic rings. The number of likely N-dealkylation sites (tertiary alicyclic amines) is 1. The van der Waals surface area contributed by atoms with E-state index in [4.69, 9.17) is 4.74 Å². The number of anilines is 1. The van der Waals surface area contributed by atoms with Crippen LogP contribution in [0.2, 0.25) is 0 Å². The molecule has 1 saturated carbocycles. The fourth-order valence-corrected chi connectivity index (χ4v) is 5.94. The van der Waals surface area contributed by atoms with Crippen molar-refractivity contribution in [3.8, 4) is 5.75 Å². The number of halogens is 2. The van der Waals surface area contributed by atoms with Gasteiger partial charge in [0.1, 0.15) is 23.7 Å². The van der Waals surface area contributed by atoms with Gasteiger partial charge >= 0.3 is 0 Å². The Kier molecular flexibility index (Phi) is 5.12.